The molecule has 0 amide bonds. The van der Waals surface area contributed by atoms with Crippen LogP contribution in [0.2, 0.25) is 5.02 Å². The quantitative estimate of drug-likeness (QED) is 0.633. The van der Waals surface area contributed by atoms with Crippen LogP contribution in [0.5, 0.6) is 0 Å². The minimum Gasteiger partial charge on any atom is -0.229 e. The Morgan fingerprint density at radius 3 is 2.31 bits per heavy atom. The molecule has 0 heterocycles. The maximum absolute atomic E-state index is 12.9. The van der Waals surface area contributed by atoms with Crippen LogP contribution in [-0.4, -0.2) is 20.4 Å². The number of alkyl halides is 1. The zero-order chi connectivity index (χ0) is 12.5. The van der Waals surface area contributed by atoms with Crippen LogP contribution in [0.3, 0.4) is 0 Å². The Morgan fingerprint density at radius 1 is 1.31 bits per heavy atom. The van der Waals surface area contributed by atoms with Crippen LogP contribution in [-0.2, 0) is 9.84 Å². The molecule has 0 saturated heterocycles. The summed E-state index contributed by atoms with van der Waals surface area (Å²) in [6.07, 6.45) is 0.996. The van der Waals surface area contributed by atoms with E-state index in [1.165, 1.54) is 0 Å². The number of hydrogen-bond acceptors (Lipinski definition) is 2. The smallest absolute Gasteiger partial charge is 0.160 e. The third-order valence-corrected chi connectivity index (χ3v) is 3.66. The van der Waals surface area contributed by atoms with Gasteiger partial charge in [-0.3, -0.25) is 0 Å². The van der Waals surface area contributed by atoms with Crippen molar-refractivity contribution < 1.29 is 17.2 Å². The summed E-state index contributed by atoms with van der Waals surface area (Å²) in [4.78, 5) is 0. The van der Waals surface area contributed by atoms with E-state index in [9.17, 15) is 17.2 Å². The molecule has 2 nitrogen and oxygen atoms in total. The van der Waals surface area contributed by atoms with Gasteiger partial charge in [-0.15, -0.1) is 11.6 Å². The predicted octanol–water partition coefficient (Wildman–Crippen LogP) is 2.94. The number of rotatable bonds is 3. The van der Waals surface area contributed by atoms with Crippen molar-refractivity contribution in [2.75, 3.05) is 12.0 Å². The van der Waals surface area contributed by atoms with E-state index < -0.39 is 26.8 Å². The van der Waals surface area contributed by atoms with Crippen molar-refractivity contribution in [3.63, 3.8) is 0 Å². The average Bonchev–Trinajstić information content (AvgIpc) is 2.08. The molecule has 0 aliphatic carbocycles. The predicted molar refractivity (Wildman–Crippen MR) is 59.7 cm³/mol. The molecule has 1 aromatic carbocycles. The van der Waals surface area contributed by atoms with Crippen molar-refractivity contribution in [2.24, 2.45) is 0 Å². The van der Waals surface area contributed by atoms with Crippen molar-refractivity contribution in [1.29, 1.82) is 0 Å². The van der Waals surface area contributed by atoms with Gasteiger partial charge in [0.2, 0.25) is 0 Å². The van der Waals surface area contributed by atoms with E-state index in [0.29, 0.717) is 0 Å². The Kier molecular flexibility index (Phi) is 4.15. The van der Waals surface area contributed by atoms with E-state index in [4.69, 9.17) is 23.2 Å². The minimum absolute atomic E-state index is 0.0626. The first-order valence-corrected chi connectivity index (χ1v) is 7.04. The second-order valence-electron chi connectivity index (χ2n) is 3.35. The van der Waals surface area contributed by atoms with E-state index >= 15 is 0 Å². The largest absolute Gasteiger partial charge is 0.229 e. The number of benzene rings is 1. The first-order chi connectivity index (χ1) is 7.20. The normalized spacial score (nSPS) is 13.8. The fourth-order valence-corrected chi connectivity index (χ4v) is 3.05. The molecule has 0 spiro atoms. The zero-order valence-corrected chi connectivity index (χ0v) is 10.5. The molecule has 1 aromatic rings. The highest BCUT2D eigenvalue weighted by atomic mass is 35.5. The summed E-state index contributed by atoms with van der Waals surface area (Å²) in [5.74, 6) is -2.60. The first-order valence-electron chi connectivity index (χ1n) is 4.17. The Balaban J connectivity index is 3.09. The van der Waals surface area contributed by atoms with Crippen molar-refractivity contribution >= 4 is 33.0 Å². The van der Waals surface area contributed by atoms with Gasteiger partial charge in [0.05, 0.1) is 11.1 Å². The highest BCUT2D eigenvalue weighted by Gasteiger charge is 2.19. The van der Waals surface area contributed by atoms with Gasteiger partial charge in [0.15, 0.2) is 11.6 Å². The van der Waals surface area contributed by atoms with E-state index in [1.54, 1.807) is 0 Å². The number of halogens is 4. The van der Waals surface area contributed by atoms with Gasteiger partial charge < -0.3 is 0 Å². The summed E-state index contributed by atoms with van der Waals surface area (Å²) in [5, 5.41) is -1.10. The summed E-state index contributed by atoms with van der Waals surface area (Å²) >= 11 is 11.4. The van der Waals surface area contributed by atoms with Crippen LogP contribution in [0.4, 0.5) is 8.78 Å². The first kappa shape index (κ1) is 13.7. The summed E-state index contributed by atoms with van der Waals surface area (Å²) in [7, 11) is -3.32. The van der Waals surface area contributed by atoms with E-state index in [0.717, 1.165) is 18.4 Å². The second-order valence-corrected chi connectivity index (χ2v) is 6.47. The number of hydrogen-bond donors (Lipinski definition) is 0. The summed E-state index contributed by atoms with van der Waals surface area (Å²) in [5.41, 5.74) is 0.0626. The van der Waals surface area contributed by atoms with E-state index in [1.807, 2.05) is 0 Å². The molecule has 16 heavy (non-hydrogen) atoms. The van der Waals surface area contributed by atoms with Gasteiger partial charge in [-0.05, 0) is 17.7 Å². The molecule has 1 atom stereocenters. The van der Waals surface area contributed by atoms with Crippen LogP contribution in [0.15, 0.2) is 12.1 Å². The SMILES string of the molecule is CS(=O)(=O)CC(Cl)c1cc(F)c(F)cc1Cl. The minimum atomic E-state index is -3.32. The lowest BCUT2D eigenvalue weighted by molar-refractivity contribution is 0.507. The fourth-order valence-electron chi connectivity index (χ4n) is 1.13. The number of sulfone groups is 1. The molecule has 0 aliphatic rings. The molecule has 0 bridgehead atoms. The van der Waals surface area contributed by atoms with Crippen molar-refractivity contribution in [1.82, 2.24) is 0 Å². The third-order valence-electron chi connectivity index (χ3n) is 1.83. The van der Waals surface area contributed by atoms with Gasteiger partial charge in [0, 0.05) is 11.3 Å². The lowest BCUT2D eigenvalue weighted by Crippen LogP contribution is -2.09. The highest BCUT2D eigenvalue weighted by Crippen LogP contribution is 2.30. The fraction of sp³-hybridized carbons (Fsp3) is 0.333. The highest BCUT2D eigenvalue weighted by molar-refractivity contribution is 7.90. The van der Waals surface area contributed by atoms with Gasteiger partial charge in [-0.25, -0.2) is 17.2 Å². The molecule has 0 N–H and O–H groups in total. The summed E-state index contributed by atoms with van der Waals surface area (Å²) < 4.78 is 47.6. The Hall–Kier alpha value is -0.390. The lowest BCUT2D eigenvalue weighted by Gasteiger charge is -2.10. The van der Waals surface area contributed by atoms with Crippen LogP contribution in [0, 0.1) is 11.6 Å². The molecule has 0 radical (unpaired) electrons. The molecule has 7 heteroatoms. The maximum Gasteiger partial charge on any atom is 0.160 e. The Morgan fingerprint density at radius 2 is 1.81 bits per heavy atom. The topological polar surface area (TPSA) is 34.1 Å². The molecule has 1 rings (SSSR count). The van der Waals surface area contributed by atoms with Gasteiger partial charge in [0.1, 0.15) is 9.84 Å². The van der Waals surface area contributed by atoms with Crippen LogP contribution >= 0.6 is 23.2 Å². The molecule has 0 aliphatic heterocycles. The average molecular weight is 289 g/mol. The summed E-state index contributed by atoms with van der Waals surface area (Å²) in [6.45, 7) is 0. The Bertz CT molecular complexity index is 502. The third kappa shape index (κ3) is 3.57. The summed E-state index contributed by atoms with van der Waals surface area (Å²) in [6, 6.07) is 1.57. The molecular weight excluding hydrogens is 281 g/mol. The molecular formula is C9H8Cl2F2O2S. The molecule has 0 saturated carbocycles. The molecule has 0 aromatic heterocycles. The van der Waals surface area contributed by atoms with Crippen molar-refractivity contribution in [3.8, 4) is 0 Å². The molecule has 1 unspecified atom stereocenters. The van der Waals surface area contributed by atoms with Crippen molar-refractivity contribution in [2.45, 2.75) is 5.38 Å². The standard InChI is InChI=1S/C9H8Cl2F2O2S/c1-16(14,15)4-7(11)5-2-8(12)9(13)3-6(5)10/h2-3,7H,4H2,1H3. The van der Waals surface area contributed by atoms with Crippen LogP contribution in [0.25, 0.3) is 0 Å². The van der Waals surface area contributed by atoms with Crippen molar-refractivity contribution in [3.05, 3.63) is 34.4 Å². The monoisotopic (exact) mass is 288 g/mol. The van der Waals surface area contributed by atoms with Gasteiger partial charge in [-0.2, -0.15) is 0 Å². The van der Waals surface area contributed by atoms with E-state index in [2.05, 4.69) is 0 Å². The maximum atomic E-state index is 12.9. The van der Waals surface area contributed by atoms with Gasteiger partial charge >= 0.3 is 0 Å². The Labute approximate surface area is 102 Å². The van der Waals surface area contributed by atoms with Crippen LogP contribution < -0.4 is 0 Å². The lowest BCUT2D eigenvalue weighted by atomic mass is 10.1. The van der Waals surface area contributed by atoms with Gasteiger partial charge in [0.25, 0.3) is 0 Å². The second kappa shape index (κ2) is 4.85. The zero-order valence-electron chi connectivity index (χ0n) is 8.18. The van der Waals surface area contributed by atoms with E-state index in [-0.39, 0.29) is 16.3 Å². The molecule has 0 fully saturated rings. The van der Waals surface area contributed by atoms with Crippen LogP contribution in [0.1, 0.15) is 10.9 Å². The van der Waals surface area contributed by atoms with Gasteiger partial charge in [-0.1, -0.05) is 11.6 Å². The molecule has 90 valence electrons.